The van der Waals surface area contributed by atoms with Gasteiger partial charge in [0.25, 0.3) is 0 Å². The maximum Gasteiger partial charge on any atom is 0.194 e. The Bertz CT molecular complexity index is 692. The number of piperazine rings is 1. The SMILES string of the molecule is Br.CC1(C)OCCOC1CNC(=NCC1CCCO1)N1CCN(c2ccccn2)CC1. The molecule has 3 aliphatic rings. The second-order valence-electron chi connectivity index (χ2n) is 8.65. The lowest BCUT2D eigenvalue weighted by Crippen LogP contribution is -2.57. The number of nitrogens with zero attached hydrogens (tertiary/aromatic N) is 4. The van der Waals surface area contributed by atoms with Crippen LogP contribution >= 0.6 is 17.0 Å². The molecule has 31 heavy (non-hydrogen) atoms. The summed E-state index contributed by atoms with van der Waals surface area (Å²) in [5.41, 5.74) is -0.303. The van der Waals surface area contributed by atoms with E-state index in [1.54, 1.807) is 0 Å². The quantitative estimate of drug-likeness (QED) is 0.493. The van der Waals surface area contributed by atoms with Crippen LogP contribution in [0.1, 0.15) is 26.7 Å². The standard InChI is InChI=1S/C22H35N5O3.BrH/c1-22(2)19(29-14-15-30-22)17-25-21(24-16-18-6-5-13-28-18)27-11-9-26(10-12-27)20-7-3-4-8-23-20;/h3-4,7-8,18-19H,5-6,9-17H2,1-2H3,(H,24,25);1H. The second kappa shape index (κ2) is 11.4. The molecule has 1 aromatic rings. The summed E-state index contributed by atoms with van der Waals surface area (Å²) < 4.78 is 17.7. The van der Waals surface area contributed by atoms with Crippen molar-refractivity contribution in [3.63, 3.8) is 0 Å². The third kappa shape index (κ3) is 6.54. The zero-order valence-corrected chi connectivity index (χ0v) is 20.4. The van der Waals surface area contributed by atoms with Gasteiger partial charge in [-0.05, 0) is 38.8 Å². The van der Waals surface area contributed by atoms with Crippen molar-refractivity contribution < 1.29 is 14.2 Å². The van der Waals surface area contributed by atoms with Crippen molar-refractivity contribution >= 4 is 28.8 Å². The van der Waals surface area contributed by atoms with E-state index in [9.17, 15) is 0 Å². The molecule has 0 aliphatic carbocycles. The van der Waals surface area contributed by atoms with Gasteiger partial charge >= 0.3 is 0 Å². The van der Waals surface area contributed by atoms with Crippen molar-refractivity contribution in [3.8, 4) is 0 Å². The van der Waals surface area contributed by atoms with E-state index in [-0.39, 0.29) is 34.8 Å². The van der Waals surface area contributed by atoms with E-state index in [2.05, 4.69) is 40.0 Å². The van der Waals surface area contributed by atoms with Gasteiger partial charge in [-0.25, -0.2) is 4.98 Å². The van der Waals surface area contributed by atoms with Crippen molar-refractivity contribution in [3.05, 3.63) is 24.4 Å². The molecule has 0 amide bonds. The van der Waals surface area contributed by atoms with Gasteiger partial charge in [-0.3, -0.25) is 4.99 Å². The molecule has 0 aromatic carbocycles. The molecule has 2 atom stereocenters. The van der Waals surface area contributed by atoms with E-state index >= 15 is 0 Å². The molecule has 174 valence electrons. The molecule has 2 unspecified atom stereocenters. The average Bonchev–Trinajstić information content (AvgIpc) is 3.29. The summed E-state index contributed by atoms with van der Waals surface area (Å²) >= 11 is 0. The molecular weight excluding hydrogens is 462 g/mol. The highest BCUT2D eigenvalue weighted by Gasteiger charge is 2.35. The van der Waals surface area contributed by atoms with Crippen molar-refractivity contribution in [1.82, 2.24) is 15.2 Å². The monoisotopic (exact) mass is 497 g/mol. The maximum absolute atomic E-state index is 5.98. The molecule has 9 heteroatoms. The minimum Gasteiger partial charge on any atom is -0.376 e. The summed E-state index contributed by atoms with van der Waals surface area (Å²) in [6.07, 6.45) is 4.31. The third-order valence-electron chi connectivity index (χ3n) is 6.12. The largest absolute Gasteiger partial charge is 0.376 e. The Morgan fingerprint density at radius 2 is 2.00 bits per heavy atom. The lowest BCUT2D eigenvalue weighted by atomic mass is 10.0. The Balaban J connectivity index is 0.00000272. The normalized spacial score (nSPS) is 26.5. The van der Waals surface area contributed by atoms with Gasteiger partial charge in [0.15, 0.2) is 5.96 Å². The number of hydrogen-bond donors (Lipinski definition) is 1. The van der Waals surface area contributed by atoms with Crippen LogP contribution < -0.4 is 10.2 Å². The summed E-state index contributed by atoms with van der Waals surface area (Å²) in [6, 6.07) is 6.07. The van der Waals surface area contributed by atoms with E-state index in [1.165, 1.54) is 0 Å². The van der Waals surface area contributed by atoms with Crippen LogP contribution in [0.15, 0.2) is 29.4 Å². The van der Waals surface area contributed by atoms with Crippen molar-refractivity contribution in [2.75, 3.05) is 64.0 Å². The zero-order valence-electron chi connectivity index (χ0n) is 18.7. The highest BCUT2D eigenvalue weighted by Crippen LogP contribution is 2.22. The zero-order chi connectivity index (χ0) is 20.8. The Hall–Kier alpha value is -1.42. The fraction of sp³-hybridized carbons (Fsp3) is 0.727. The van der Waals surface area contributed by atoms with E-state index in [0.717, 1.165) is 57.4 Å². The van der Waals surface area contributed by atoms with Crippen LogP contribution in [0.4, 0.5) is 5.82 Å². The summed E-state index contributed by atoms with van der Waals surface area (Å²) in [5, 5.41) is 3.57. The van der Waals surface area contributed by atoms with Gasteiger partial charge in [-0.15, -0.1) is 17.0 Å². The molecule has 4 rings (SSSR count). The first kappa shape index (κ1) is 24.2. The molecule has 3 saturated heterocycles. The third-order valence-corrected chi connectivity index (χ3v) is 6.12. The van der Waals surface area contributed by atoms with Gasteiger partial charge in [0, 0.05) is 45.5 Å². The minimum absolute atomic E-state index is 0. The molecule has 0 bridgehead atoms. The number of pyridine rings is 1. The van der Waals surface area contributed by atoms with Gasteiger partial charge in [-0.2, -0.15) is 0 Å². The van der Waals surface area contributed by atoms with Crippen LogP contribution in [-0.4, -0.2) is 92.7 Å². The van der Waals surface area contributed by atoms with Crippen LogP contribution in [0, 0.1) is 0 Å². The van der Waals surface area contributed by atoms with E-state index in [1.807, 2.05) is 18.3 Å². The predicted octanol–water partition coefficient (Wildman–Crippen LogP) is 2.10. The van der Waals surface area contributed by atoms with Gasteiger partial charge in [-0.1, -0.05) is 6.07 Å². The average molecular weight is 498 g/mol. The highest BCUT2D eigenvalue weighted by atomic mass is 79.9. The predicted molar refractivity (Wildman–Crippen MR) is 127 cm³/mol. The number of hydrogen-bond acceptors (Lipinski definition) is 6. The number of nitrogens with one attached hydrogen (secondary N) is 1. The first-order chi connectivity index (χ1) is 14.6. The topological polar surface area (TPSA) is 71.5 Å². The molecule has 1 aromatic heterocycles. The summed E-state index contributed by atoms with van der Waals surface area (Å²) in [4.78, 5) is 14.1. The van der Waals surface area contributed by atoms with Crippen LogP contribution in [-0.2, 0) is 14.2 Å². The number of aliphatic imine (C=N–C) groups is 1. The number of ether oxygens (including phenoxy) is 3. The summed E-state index contributed by atoms with van der Waals surface area (Å²) in [6.45, 7) is 11.4. The summed E-state index contributed by atoms with van der Waals surface area (Å²) in [7, 11) is 0. The Kier molecular flexibility index (Phi) is 8.95. The second-order valence-corrected chi connectivity index (χ2v) is 8.65. The van der Waals surface area contributed by atoms with Crippen LogP contribution in [0.5, 0.6) is 0 Å². The number of anilines is 1. The highest BCUT2D eigenvalue weighted by molar-refractivity contribution is 8.93. The van der Waals surface area contributed by atoms with Gasteiger partial charge in [0.1, 0.15) is 11.9 Å². The van der Waals surface area contributed by atoms with Crippen molar-refractivity contribution in [2.45, 2.75) is 44.5 Å². The molecule has 3 fully saturated rings. The molecule has 4 heterocycles. The fourth-order valence-electron chi connectivity index (χ4n) is 4.21. The molecule has 1 N–H and O–H groups in total. The molecule has 8 nitrogen and oxygen atoms in total. The van der Waals surface area contributed by atoms with E-state index in [4.69, 9.17) is 19.2 Å². The van der Waals surface area contributed by atoms with Crippen molar-refractivity contribution in [2.24, 2.45) is 4.99 Å². The molecular formula is C22H36BrN5O3. The Morgan fingerprint density at radius 1 is 1.16 bits per heavy atom. The van der Waals surface area contributed by atoms with Gasteiger partial charge < -0.3 is 29.3 Å². The molecule has 0 saturated carbocycles. The number of halogens is 1. The Labute approximate surface area is 196 Å². The lowest BCUT2D eigenvalue weighted by molar-refractivity contribution is -0.183. The van der Waals surface area contributed by atoms with Crippen molar-refractivity contribution in [1.29, 1.82) is 0 Å². The smallest absolute Gasteiger partial charge is 0.194 e. The van der Waals surface area contributed by atoms with Gasteiger partial charge in [0.2, 0.25) is 0 Å². The summed E-state index contributed by atoms with van der Waals surface area (Å²) in [5.74, 6) is 1.98. The molecule has 3 aliphatic heterocycles. The van der Waals surface area contributed by atoms with E-state index < -0.39 is 0 Å². The van der Waals surface area contributed by atoms with Crippen LogP contribution in [0.25, 0.3) is 0 Å². The first-order valence-electron chi connectivity index (χ1n) is 11.2. The lowest BCUT2D eigenvalue weighted by Gasteiger charge is -2.40. The fourth-order valence-corrected chi connectivity index (χ4v) is 4.21. The van der Waals surface area contributed by atoms with Crippen LogP contribution in [0.3, 0.4) is 0 Å². The maximum atomic E-state index is 5.98. The number of rotatable bonds is 5. The first-order valence-corrected chi connectivity index (χ1v) is 11.2. The Morgan fingerprint density at radius 3 is 2.68 bits per heavy atom. The number of aromatic nitrogens is 1. The van der Waals surface area contributed by atoms with Crippen LogP contribution in [0.2, 0.25) is 0 Å². The van der Waals surface area contributed by atoms with Gasteiger partial charge in [0.05, 0.1) is 31.5 Å². The minimum atomic E-state index is -0.303. The number of guanidine groups is 1. The molecule has 0 radical (unpaired) electrons. The molecule has 0 spiro atoms. The van der Waals surface area contributed by atoms with E-state index in [0.29, 0.717) is 26.3 Å².